The van der Waals surface area contributed by atoms with E-state index in [4.69, 9.17) is 5.73 Å². The summed E-state index contributed by atoms with van der Waals surface area (Å²) in [6.45, 7) is 7.65. The number of nitrogens with two attached hydrogens (primary N) is 1. The first-order chi connectivity index (χ1) is 8.41. The van der Waals surface area contributed by atoms with Gasteiger partial charge < -0.3 is 16.0 Å². The normalized spacial score (nSPS) is 11.0. The fraction of sp³-hybridized carbons (Fsp3) is 0.500. The zero-order valence-corrected chi connectivity index (χ0v) is 11.7. The number of carbonyl (C=O) groups excluding carboxylic acids is 1. The van der Waals surface area contributed by atoms with Crippen molar-refractivity contribution in [2.45, 2.75) is 26.8 Å². The SMILES string of the molecule is Cc1cc(N)ccc1C(=O)NCCN(C)C(C)C. The standard InChI is InChI=1S/C14H23N3O/c1-10(2)17(4)8-7-16-14(18)13-6-5-12(15)9-11(13)3/h5-6,9-10H,7-8,15H2,1-4H3,(H,16,18). The summed E-state index contributed by atoms with van der Waals surface area (Å²) in [4.78, 5) is 14.1. The summed E-state index contributed by atoms with van der Waals surface area (Å²) in [6, 6.07) is 5.82. The lowest BCUT2D eigenvalue weighted by Gasteiger charge is -2.21. The largest absolute Gasteiger partial charge is 0.399 e. The molecule has 4 heteroatoms. The fourth-order valence-electron chi connectivity index (χ4n) is 1.64. The number of nitrogen functional groups attached to an aromatic ring is 1. The van der Waals surface area contributed by atoms with Gasteiger partial charge in [-0.25, -0.2) is 0 Å². The summed E-state index contributed by atoms with van der Waals surface area (Å²) in [7, 11) is 2.05. The highest BCUT2D eigenvalue weighted by Crippen LogP contribution is 2.12. The molecule has 0 heterocycles. The third-order valence-corrected chi connectivity index (χ3v) is 3.13. The van der Waals surface area contributed by atoms with Crippen LogP contribution < -0.4 is 11.1 Å². The van der Waals surface area contributed by atoms with Crippen molar-refractivity contribution in [1.82, 2.24) is 10.2 Å². The molecule has 0 fully saturated rings. The number of amides is 1. The van der Waals surface area contributed by atoms with Crippen molar-refractivity contribution in [1.29, 1.82) is 0 Å². The number of hydrogen-bond donors (Lipinski definition) is 2. The Morgan fingerprint density at radius 3 is 2.67 bits per heavy atom. The lowest BCUT2D eigenvalue weighted by atomic mass is 10.1. The van der Waals surface area contributed by atoms with Gasteiger partial charge in [0.15, 0.2) is 0 Å². The Morgan fingerprint density at radius 1 is 1.44 bits per heavy atom. The van der Waals surface area contributed by atoms with Crippen LogP contribution >= 0.6 is 0 Å². The van der Waals surface area contributed by atoms with Crippen LogP contribution in [0.4, 0.5) is 5.69 Å². The van der Waals surface area contributed by atoms with Crippen molar-refractivity contribution in [3.8, 4) is 0 Å². The summed E-state index contributed by atoms with van der Waals surface area (Å²) in [5.41, 5.74) is 7.94. The molecule has 1 rings (SSSR count). The van der Waals surface area contributed by atoms with Crippen LogP contribution in [0.3, 0.4) is 0 Å². The second kappa shape index (κ2) is 6.40. The molecule has 1 aromatic carbocycles. The van der Waals surface area contributed by atoms with Crippen LogP contribution in [0.1, 0.15) is 29.8 Å². The first-order valence-electron chi connectivity index (χ1n) is 6.26. The third-order valence-electron chi connectivity index (χ3n) is 3.13. The maximum atomic E-state index is 12.0. The predicted molar refractivity (Wildman–Crippen MR) is 75.7 cm³/mol. The van der Waals surface area contributed by atoms with Crippen molar-refractivity contribution in [3.05, 3.63) is 29.3 Å². The molecule has 0 bridgehead atoms. The van der Waals surface area contributed by atoms with Gasteiger partial charge in [-0.2, -0.15) is 0 Å². The molecule has 1 amide bonds. The van der Waals surface area contributed by atoms with Crippen LogP contribution in [-0.2, 0) is 0 Å². The number of likely N-dealkylation sites (N-methyl/N-ethyl adjacent to an activating group) is 1. The third kappa shape index (κ3) is 4.04. The minimum atomic E-state index is -0.0374. The number of aryl methyl sites for hydroxylation is 1. The molecule has 0 saturated heterocycles. The Morgan fingerprint density at radius 2 is 2.11 bits per heavy atom. The summed E-state index contributed by atoms with van der Waals surface area (Å²) >= 11 is 0. The average Bonchev–Trinajstić information content (AvgIpc) is 2.28. The summed E-state index contributed by atoms with van der Waals surface area (Å²) in [6.07, 6.45) is 0. The monoisotopic (exact) mass is 249 g/mol. The van der Waals surface area contributed by atoms with Crippen molar-refractivity contribution < 1.29 is 4.79 Å². The Hall–Kier alpha value is -1.55. The van der Waals surface area contributed by atoms with Gasteiger partial charge in [-0.1, -0.05) is 0 Å². The predicted octanol–water partition coefficient (Wildman–Crippen LogP) is 1.65. The van der Waals surface area contributed by atoms with Crippen molar-refractivity contribution in [2.24, 2.45) is 0 Å². The number of benzene rings is 1. The molecule has 0 unspecified atom stereocenters. The van der Waals surface area contributed by atoms with Gasteiger partial charge in [0.1, 0.15) is 0 Å². The van der Waals surface area contributed by atoms with Gasteiger partial charge in [0.05, 0.1) is 0 Å². The number of carbonyl (C=O) groups is 1. The highest BCUT2D eigenvalue weighted by atomic mass is 16.1. The number of hydrogen-bond acceptors (Lipinski definition) is 3. The number of rotatable bonds is 5. The van der Waals surface area contributed by atoms with Crippen molar-refractivity contribution in [3.63, 3.8) is 0 Å². The minimum absolute atomic E-state index is 0.0374. The molecule has 1 aromatic rings. The van der Waals surface area contributed by atoms with Gasteiger partial charge in [-0.3, -0.25) is 4.79 Å². The maximum absolute atomic E-state index is 12.0. The quantitative estimate of drug-likeness (QED) is 0.780. The molecule has 0 radical (unpaired) electrons. The van der Waals surface area contributed by atoms with E-state index in [1.807, 2.05) is 20.0 Å². The van der Waals surface area contributed by atoms with Gasteiger partial charge in [-0.15, -0.1) is 0 Å². The van der Waals surface area contributed by atoms with E-state index < -0.39 is 0 Å². The zero-order valence-electron chi connectivity index (χ0n) is 11.7. The van der Waals surface area contributed by atoms with Gasteiger partial charge in [0, 0.05) is 30.4 Å². The Labute approximate surface area is 109 Å². The van der Waals surface area contributed by atoms with E-state index in [9.17, 15) is 4.79 Å². The first kappa shape index (κ1) is 14.5. The lowest BCUT2D eigenvalue weighted by molar-refractivity contribution is 0.0947. The maximum Gasteiger partial charge on any atom is 0.251 e. The minimum Gasteiger partial charge on any atom is -0.399 e. The van der Waals surface area contributed by atoms with E-state index in [0.29, 0.717) is 23.8 Å². The number of anilines is 1. The summed E-state index contributed by atoms with van der Waals surface area (Å²) in [5.74, 6) is -0.0374. The Kier molecular flexibility index (Phi) is 5.16. The van der Waals surface area contributed by atoms with Crippen LogP contribution in [-0.4, -0.2) is 37.0 Å². The van der Waals surface area contributed by atoms with Gasteiger partial charge in [0.25, 0.3) is 5.91 Å². The lowest BCUT2D eigenvalue weighted by Crippen LogP contribution is -2.36. The molecule has 0 atom stereocenters. The second-order valence-electron chi connectivity index (χ2n) is 4.90. The Bertz CT molecular complexity index is 416. The van der Waals surface area contributed by atoms with Crippen LogP contribution in [0.5, 0.6) is 0 Å². The van der Waals surface area contributed by atoms with Crippen molar-refractivity contribution >= 4 is 11.6 Å². The van der Waals surface area contributed by atoms with Crippen LogP contribution in [0.2, 0.25) is 0 Å². The first-order valence-corrected chi connectivity index (χ1v) is 6.26. The van der Waals surface area contributed by atoms with Gasteiger partial charge >= 0.3 is 0 Å². The molecule has 0 spiro atoms. The van der Waals surface area contributed by atoms with E-state index in [1.54, 1.807) is 12.1 Å². The topological polar surface area (TPSA) is 58.4 Å². The fourth-order valence-corrected chi connectivity index (χ4v) is 1.64. The molecule has 3 N–H and O–H groups in total. The molecular formula is C14H23N3O. The summed E-state index contributed by atoms with van der Waals surface area (Å²) in [5, 5.41) is 2.92. The molecule has 0 aliphatic carbocycles. The molecule has 0 aliphatic rings. The van der Waals surface area contributed by atoms with Crippen LogP contribution in [0.15, 0.2) is 18.2 Å². The van der Waals surface area contributed by atoms with E-state index in [0.717, 1.165) is 12.1 Å². The molecular weight excluding hydrogens is 226 g/mol. The number of nitrogens with one attached hydrogen (secondary N) is 1. The Balaban J connectivity index is 2.51. The van der Waals surface area contributed by atoms with Gasteiger partial charge in [-0.05, 0) is 51.6 Å². The van der Waals surface area contributed by atoms with E-state index in [2.05, 4.69) is 24.1 Å². The molecule has 4 nitrogen and oxygen atoms in total. The van der Waals surface area contributed by atoms with Crippen molar-refractivity contribution in [2.75, 3.05) is 25.9 Å². The molecule has 0 aliphatic heterocycles. The van der Waals surface area contributed by atoms with Crippen LogP contribution in [0.25, 0.3) is 0 Å². The smallest absolute Gasteiger partial charge is 0.251 e. The van der Waals surface area contributed by atoms with E-state index in [-0.39, 0.29) is 5.91 Å². The van der Waals surface area contributed by atoms with Gasteiger partial charge in [0.2, 0.25) is 0 Å². The number of nitrogens with zero attached hydrogens (tertiary/aromatic N) is 1. The molecule has 0 saturated carbocycles. The molecule has 100 valence electrons. The van der Waals surface area contributed by atoms with E-state index in [1.165, 1.54) is 0 Å². The van der Waals surface area contributed by atoms with Crippen LogP contribution in [0, 0.1) is 6.92 Å². The van der Waals surface area contributed by atoms with E-state index >= 15 is 0 Å². The molecule has 0 aromatic heterocycles. The molecule has 18 heavy (non-hydrogen) atoms. The highest BCUT2D eigenvalue weighted by molar-refractivity contribution is 5.95. The average molecular weight is 249 g/mol. The zero-order chi connectivity index (χ0) is 13.7. The highest BCUT2D eigenvalue weighted by Gasteiger charge is 2.09. The second-order valence-corrected chi connectivity index (χ2v) is 4.90. The summed E-state index contributed by atoms with van der Waals surface area (Å²) < 4.78 is 0.